The number of likely N-dealkylation sites (tertiary alicyclic amines) is 1. The molecule has 0 radical (unpaired) electrons. The van der Waals surface area contributed by atoms with Gasteiger partial charge in [0.2, 0.25) is 0 Å². The lowest BCUT2D eigenvalue weighted by Gasteiger charge is -2.36. The third-order valence-corrected chi connectivity index (χ3v) is 6.10. The molecule has 2 aromatic rings. The van der Waals surface area contributed by atoms with Crippen molar-refractivity contribution in [3.63, 3.8) is 0 Å². The molecule has 27 heavy (non-hydrogen) atoms. The van der Waals surface area contributed by atoms with Crippen LogP contribution in [0.2, 0.25) is 5.02 Å². The van der Waals surface area contributed by atoms with E-state index in [-0.39, 0.29) is 6.04 Å². The zero-order chi connectivity index (χ0) is 19.0. The van der Waals surface area contributed by atoms with Gasteiger partial charge < -0.3 is 10.0 Å². The van der Waals surface area contributed by atoms with Gasteiger partial charge >= 0.3 is 5.97 Å². The minimum atomic E-state index is -0.720. The largest absolute Gasteiger partial charge is 0.480 e. The van der Waals surface area contributed by atoms with Crippen molar-refractivity contribution >= 4 is 23.3 Å². The van der Waals surface area contributed by atoms with Crippen LogP contribution in [0.4, 0.5) is 5.69 Å². The molecule has 1 N–H and O–H groups in total. The van der Waals surface area contributed by atoms with Crippen molar-refractivity contribution in [3.05, 3.63) is 64.2 Å². The first-order valence-electron chi connectivity index (χ1n) is 9.63. The fourth-order valence-electron chi connectivity index (χ4n) is 4.61. The number of carboxylic acids is 1. The van der Waals surface area contributed by atoms with Crippen molar-refractivity contribution in [1.29, 1.82) is 0 Å². The fourth-order valence-corrected chi connectivity index (χ4v) is 4.81. The number of carboxylic acid groups (broad SMARTS) is 1. The van der Waals surface area contributed by atoms with E-state index in [2.05, 4.69) is 35.0 Å². The van der Waals surface area contributed by atoms with Gasteiger partial charge in [-0.15, -0.1) is 0 Å². The molecule has 0 aromatic heterocycles. The lowest BCUT2D eigenvalue weighted by Crippen LogP contribution is -2.43. The van der Waals surface area contributed by atoms with Gasteiger partial charge in [-0.2, -0.15) is 0 Å². The van der Waals surface area contributed by atoms with E-state index < -0.39 is 12.0 Å². The summed E-state index contributed by atoms with van der Waals surface area (Å²) in [6.45, 7) is 1.55. The Hall–Kier alpha value is -2.04. The first kappa shape index (κ1) is 18.3. The number of para-hydroxylation sites is 1. The smallest absolute Gasteiger partial charge is 0.320 e. The molecule has 0 aliphatic carbocycles. The summed E-state index contributed by atoms with van der Waals surface area (Å²) < 4.78 is 0. The minimum Gasteiger partial charge on any atom is -0.480 e. The number of hydrogen-bond donors (Lipinski definition) is 1. The third kappa shape index (κ3) is 3.44. The molecule has 2 unspecified atom stereocenters. The lowest BCUT2D eigenvalue weighted by atomic mass is 9.92. The van der Waals surface area contributed by atoms with Crippen LogP contribution < -0.4 is 4.90 Å². The minimum absolute atomic E-state index is 0.0717. The number of benzene rings is 2. The average Bonchev–Trinajstić information content (AvgIpc) is 2.95. The standard InChI is InChI=1S/C22H25ClN2O2/c1-24-14-15-13-16(23)10-11-17(15)21(18-7-4-5-8-19(18)24)25-12-6-2-3-9-20(25)22(26)27/h4-5,7-8,10-11,13,20-21H,2-3,6,9,12,14H2,1H3,(H,26,27). The summed E-state index contributed by atoms with van der Waals surface area (Å²) in [4.78, 5) is 16.6. The molecular formula is C22H25ClN2O2. The Kier molecular flexibility index (Phi) is 5.11. The van der Waals surface area contributed by atoms with Gasteiger partial charge in [0.1, 0.15) is 6.04 Å². The second kappa shape index (κ2) is 7.53. The number of carbonyl (C=O) groups is 1. The lowest BCUT2D eigenvalue weighted by molar-refractivity contribution is -0.144. The van der Waals surface area contributed by atoms with Crippen molar-refractivity contribution < 1.29 is 9.90 Å². The van der Waals surface area contributed by atoms with E-state index in [1.807, 2.05) is 24.3 Å². The topological polar surface area (TPSA) is 43.8 Å². The van der Waals surface area contributed by atoms with E-state index in [4.69, 9.17) is 11.6 Å². The van der Waals surface area contributed by atoms with Crippen molar-refractivity contribution in [2.24, 2.45) is 0 Å². The van der Waals surface area contributed by atoms with Crippen LogP contribution in [-0.2, 0) is 11.3 Å². The van der Waals surface area contributed by atoms with Crippen LogP contribution in [-0.4, -0.2) is 35.6 Å². The molecule has 4 rings (SSSR count). The van der Waals surface area contributed by atoms with Gasteiger partial charge in [-0.3, -0.25) is 9.69 Å². The summed E-state index contributed by atoms with van der Waals surface area (Å²) in [5, 5.41) is 10.7. The molecule has 0 saturated carbocycles. The second-order valence-electron chi connectivity index (χ2n) is 7.60. The number of anilines is 1. The summed E-state index contributed by atoms with van der Waals surface area (Å²) in [5.74, 6) is -0.720. The molecule has 2 aromatic carbocycles. The molecular weight excluding hydrogens is 360 g/mol. The van der Waals surface area contributed by atoms with Gasteiger partial charge in [-0.1, -0.05) is 48.7 Å². The molecule has 5 heteroatoms. The van der Waals surface area contributed by atoms with Crippen LogP contribution in [0.1, 0.15) is 48.4 Å². The Labute approximate surface area is 165 Å². The molecule has 1 saturated heterocycles. The zero-order valence-corrected chi connectivity index (χ0v) is 16.3. The molecule has 2 heterocycles. The molecule has 1 fully saturated rings. The van der Waals surface area contributed by atoms with Gasteiger partial charge in [0.25, 0.3) is 0 Å². The van der Waals surface area contributed by atoms with E-state index in [0.717, 1.165) is 43.1 Å². The highest BCUT2D eigenvalue weighted by atomic mass is 35.5. The van der Waals surface area contributed by atoms with Crippen LogP contribution >= 0.6 is 11.6 Å². The number of rotatable bonds is 2. The maximum absolute atomic E-state index is 12.1. The van der Waals surface area contributed by atoms with E-state index in [0.29, 0.717) is 6.42 Å². The first-order chi connectivity index (χ1) is 13.1. The maximum Gasteiger partial charge on any atom is 0.320 e. The van der Waals surface area contributed by atoms with Gasteiger partial charge in [-0.05, 0) is 54.3 Å². The predicted molar refractivity (Wildman–Crippen MR) is 108 cm³/mol. The van der Waals surface area contributed by atoms with Crippen molar-refractivity contribution in [2.75, 3.05) is 18.5 Å². The Morgan fingerprint density at radius 3 is 2.74 bits per heavy atom. The van der Waals surface area contributed by atoms with E-state index in [9.17, 15) is 9.90 Å². The van der Waals surface area contributed by atoms with Crippen LogP contribution in [0.25, 0.3) is 0 Å². The number of hydrogen-bond acceptors (Lipinski definition) is 3. The Morgan fingerprint density at radius 2 is 1.93 bits per heavy atom. The molecule has 0 amide bonds. The molecule has 2 atom stereocenters. The van der Waals surface area contributed by atoms with Crippen molar-refractivity contribution in [2.45, 2.75) is 44.3 Å². The zero-order valence-electron chi connectivity index (χ0n) is 15.6. The molecule has 2 aliphatic rings. The molecule has 142 valence electrons. The van der Waals surface area contributed by atoms with E-state index in [1.165, 1.54) is 16.7 Å². The van der Waals surface area contributed by atoms with Crippen LogP contribution in [0.15, 0.2) is 42.5 Å². The van der Waals surface area contributed by atoms with Crippen molar-refractivity contribution in [1.82, 2.24) is 4.90 Å². The van der Waals surface area contributed by atoms with Gasteiger partial charge in [0, 0.05) is 24.3 Å². The fraction of sp³-hybridized carbons (Fsp3) is 0.409. The van der Waals surface area contributed by atoms with Gasteiger partial charge in [-0.25, -0.2) is 0 Å². The molecule has 4 nitrogen and oxygen atoms in total. The summed E-state index contributed by atoms with van der Waals surface area (Å²) in [5.41, 5.74) is 4.67. The monoisotopic (exact) mass is 384 g/mol. The van der Waals surface area contributed by atoms with E-state index >= 15 is 0 Å². The van der Waals surface area contributed by atoms with Crippen LogP contribution in [0.5, 0.6) is 0 Å². The first-order valence-corrected chi connectivity index (χ1v) is 10.0. The quantitative estimate of drug-likeness (QED) is 0.814. The summed E-state index contributed by atoms with van der Waals surface area (Å²) in [6, 6.07) is 13.9. The molecule has 2 aliphatic heterocycles. The third-order valence-electron chi connectivity index (χ3n) is 5.86. The average molecular weight is 385 g/mol. The Bertz CT molecular complexity index is 854. The number of aliphatic carboxylic acids is 1. The number of nitrogens with zero attached hydrogens (tertiary/aromatic N) is 2. The summed E-state index contributed by atoms with van der Waals surface area (Å²) in [6.07, 6.45) is 3.78. The maximum atomic E-state index is 12.1. The van der Waals surface area contributed by atoms with Crippen LogP contribution in [0, 0.1) is 0 Å². The highest BCUT2D eigenvalue weighted by Gasteiger charge is 2.37. The van der Waals surface area contributed by atoms with Gasteiger partial charge in [0.05, 0.1) is 6.04 Å². The normalized spacial score (nSPS) is 23.1. The van der Waals surface area contributed by atoms with E-state index in [1.54, 1.807) is 0 Å². The number of fused-ring (bicyclic) bond motifs is 2. The predicted octanol–water partition coefficient (Wildman–Crippen LogP) is 4.71. The SMILES string of the molecule is CN1Cc2cc(Cl)ccc2C(N2CCCCCC2C(=O)O)c2ccccc21. The summed E-state index contributed by atoms with van der Waals surface area (Å²) >= 11 is 6.30. The number of halogens is 1. The molecule has 0 bridgehead atoms. The Balaban J connectivity index is 1.92. The molecule has 0 spiro atoms. The highest BCUT2D eigenvalue weighted by Crippen LogP contribution is 2.42. The second-order valence-corrected chi connectivity index (χ2v) is 8.04. The van der Waals surface area contributed by atoms with Gasteiger partial charge in [0.15, 0.2) is 0 Å². The Morgan fingerprint density at radius 1 is 1.11 bits per heavy atom. The van der Waals surface area contributed by atoms with Crippen LogP contribution in [0.3, 0.4) is 0 Å². The highest BCUT2D eigenvalue weighted by molar-refractivity contribution is 6.30. The summed E-state index contributed by atoms with van der Waals surface area (Å²) in [7, 11) is 2.09. The van der Waals surface area contributed by atoms with Crippen molar-refractivity contribution in [3.8, 4) is 0 Å².